The highest BCUT2D eigenvalue weighted by Crippen LogP contribution is 2.23. The molecule has 0 radical (unpaired) electrons. The van der Waals surface area contributed by atoms with Crippen LogP contribution in [0, 0.1) is 0 Å². The minimum Gasteiger partial charge on any atom is -0.444 e. The van der Waals surface area contributed by atoms with E-state index in [9.17, 15) is 4.79 Å². The lowest BCUT2D eigenvalue weighted by Crippen LogP contribution is -2.37. The first-order valence-electron chi connectivity index (χ1n) is 6.28. The van der Waals surface area contributed by atoms with Gasteiger partial charge in [-0.2, -0.15) is 0 Å². The number of carbonyl (C=O) groups excluding carboxylic acids is 1. The van der Waals surface area contributed by atoms with Crippen molar-refractivity contribution in [2.24, 2.45) is 0 Å². The lowest BCUT2D eigenvalue weighted by Gasteiger charge is -2.26. The summed E-state index contributed by atoms with van der Waals surface area (Å²) < 4.78 is 5.34. The van der Waals surface area contributed by atoms with E-state index in [1.54, 1.807) is 4.90 Å². The van der Waals surface area contributed by atoms with Crippen molar-refractivity contribution in [3.63, 3.8) is 0 Å². The average molecular weight is 276 g/mol. The number of carbonyl (C=O) groups is 1. The van der Waals surface area contributed by atoms with E-state index in [0.717, 1.165) is 18.4 Å². The number of nitrogens with zero attached hydrogens (tertiary/aromatic N) is 1. The number of amides is 1. The molecule has 1 fully saturated rings. The van der Waals surface area contributed by atoms with Gasteiger partial charge in [-0.05, 0) is 40.0 Å². The molecule has 1 N–H and O–H groups in total. The number of halogens is 1. The molecule has 0 aliphatic carbocycles. The largest absolute Gasteiger partial charge is 0.444 e. The number of ether oxygens (including phenoxy) is 1. The molecule has 0 aromatic heterocycles. The van der Waals surface area contributed by atoms with Gasteiger partial charge in [0.05, 0.1) is 6.61 Å². The molecular weight excluding hydrogens is 254 g/mol. The maximum Gasteiger partial charge on any atom is 0.410 e. The van der Waals surface area contributed by atoms with Crippen LogP contribution >= 0.6 is 11.6 Å². The minimum atomic E-state index is -0.467. The summed E-state index contributed by atoms with van der Waals surface area (Å²) in [5.74, 6) is 0. The van der Waals surface area contributed by atoms with Gasteiger partial charge in [-0.25, -0.2) is 4.79 Å². The van der Waals surface area contributed by atoms with E-state index in [4.69, 9.17) is 21.4 Å². The standard InChI is InChI=1S/C13H22ClNO3/c1-13(2,3)18-12(17)15-7-4-5-10(6-8-15)11(14)9-16/h16H,4-9H2,1-3H3. The molecule has 0 atom stereocenters. The Bertz CT molecular complexity index is 334. The Morgan fingerprint density at radius 1 is 1.39 bits per heavy atom. The number of rotatable bonds is 1. The first-order valence-corrected chi connectivity index (χ1v) is 6.66. The van der Waals surface area contributed by atoms with Gasteiger partial charge in [0.25, 0.3) is 0 Å². The second-order valence-corrected chi connectivity index (χ2v) is 5.94. The summed E-state index contributed by atoms with van der Waals surface area (Å²) in [7, 11) is 0. The highest BCUT2D eigenvalue weighted by molar-refractivity contribution is 6.30. The fourth-order valence-corrected chi connectivity index (χ4v) is 2.07. The number of likely N-dealkylation sites (tertiary alicyclic amines) is 1. The van der Waals surface area contributed by atoms with Crippen LogP contribution in [0.4, 0.5) is 4.79 Å². The van der Waals surface area contributed by atoms with Crippen molar-refractivity contribution in [1.82, 2.24) is 4.90 Å². The lowest BCUT2D eigenvalue weighted by atomic mass is 10.1. The van der Waals surface area contributed by atoms with Crippen LogP contribution in [-0.2, 0) is 4.74 Å². The van der Waals surface area contributed by atoms with Gasteiger partial charge in [0.2, 0.25) is 0 Å². The molecule has 1 aliphatic rings. The van der Waals surface area contributed by atoms with Gasteiger partial charge >= 0.3 is 6.09 Å². The fraction of sp³-hybridized carbons (Fsp3) is 0.769. The Kier molecular flexibility index (Phi) is 5.47. The van der Waals surface area contributed by atoms with E-state index in [1.807, 2.05) is 20.8 Å². The maximum absolute atomic E-state index is 11.9. The van der Waals surface area contributed by atoms with Crippen molar-refractivity contribution in [3.8, 4) is 0 Å². The second kappa shape index (κ2) is 6.43. The molecule has 1 amide bonds. The van der Waals surface area contributed by atoms with Gasteiger partial charge in [0.15, 0.2) is 0 Å². The van der Waals surface area contributed by atoms with E-state index in [2.05, 4.69) is 0 Å². The van der Waals surface area contributed by atoms with E-state index in [-0.39, 0.29) is 12.7 Å². The molecule has 0 unspecified atom stereocenters. The number of aliphatic hydroxyl groups is 1. The van der Waals surface area contributed by atoms with E-state index >= 15 is 0 Å². The molecule has 1 rings (SSSR count). The van der Waals surface area contributed by atoms with Gasteiger partial charge < -0.3 is 14.7 Å². The average Bonchev–Trinajstić information content (AvgIpc) is 2.51. The van der Waals surface area contributed by atoms with Crippen LogP contribution in [0.2, 0.25) is 0 Å². The fourth-order valence-electron chi connectivity index (χ4n) is 1.88. The Balaban J connectivity index is 2.60. The molecule has 104 valence electrons. The van der Waals surface area contributed by atoms with Gasteiger partial charge in [0, 0.05) is 18.1 Å². The van der Waals surface area contributed by atoms with Crippen molar-refractivity contribution in [2.75, 3.05) is 19.7 Å². The van der Waals surface area contributed by atoms with Crippen molar-refractivity contribution in [2.45, 2.75) is 45.6 Å². The summed E-state index contributed by atoms with van der Waals surface area (Å²) in [5.41, 5.74) is 0.579. The van der Waals surface area contributed by atoms with Gasteiger partial charge in [-0.15, -0.1) is 0 Å². The lowest BCUT2D eigenvalue weighted by molar-refractivity contribution is 0.0258. The van der Waals surface area contributed by atoms with Crippen LogP contribution in [0.1, 0.15) is 40.0 Å². The van der Waals surface area contributed by atoms with E-state index < -0.39 is 5.60 Å². The van der Waals surface area contributed by atoms with Crippen molar-refractivity contribution >= 4 is 17.7 Å². The van der Waals surface area contributed by atoms with E-state index in [0.29, 0.717) is 24.5 Å². The molecule has 0 spiro atoms. The monoisotopic (exact) mass is 275 g/mol. The van der Waals surface area contributed by atoms with E-state index in [1.165, 1.54) is 0 Å². The third-order valence-electron chi connectivity index (χ3n) is 2.76. The number of hydrogen-bond donors (Lipinski definition) is 1. The quantitative estimate of drug-likeness (QED) is 0.800. The van der Waals surface area contributed by atoms with Crippen molar-refractivity contribution < 1.29 is 14.6 Å². The molecule has 4 nitrogen and oxygen atoms in total. The molecule has 1 saturated heterocycles. The van der Waals surface area contributed by atoms with Crippen LogP contribution in [0.3, 0.4) is 0 Å². The summed E-state index contributed by atoms with van der Waals surface area (Å²) in [6.45, 7) is 6.72. The molecule has 0 aromatic carbocycles. The topological polar surface area (TPSA) is 49.8 Å². The highest BCUT2D eigenvalue weighted by atomic mass is 35.5. The van der Waals surface area contributed by atoms with Gasteiger partial charge in [0.1, 0.15) is 5.60 Å². The zero-order valence-corrected chi connectivity index (χ0v) is 12.1. The second-order valence-electron chi connectivity index (χ2n) is 5.49. The molecule has 1 heterocycles. The molecule has 18 heavy (non-hydrogen) atoms. The Morgan fingerprint density at radius 3 is 2.61 bits per heavy atom. The minimum absolute atomic E-state index is 0.122. The molecular formula is C13H22ClNO3. The number of aliphatic hydroxyl groups excluding tert-OH is 1. The molecule has 0 bridgehead atoms. The molecule has 0 saturated carbocycles. The summed E-state index contributed by atoms with van der Waals surface area (Å²) in [4.78, 5) is 13.6. The third-order valence-corrected chi connectivity index (χ3v) is 3.15. The number of hydrogen-bond acceptors (Lipinski definition) is 3. The van der Waals surface area contributed by atoms with Crippen LogP contribution in [-0.4, -0.2) is 41.4 Å². The summed E-state index contributed by atoms with van der Waals surface area (Å²) in [6, 6.07) is 0. The van der Waals surface area contributed by atoms with Gasteiger partial charge in [-0.3, -0.25) is 0 Å². The zero-order chi connectivity index (χ0) is 13.8. The first-order chi connectivity index (χ1) is 8.33. The third kappa shape index (κ3) is 4.86. The van der Waals surface area contributed by atoms with Crippen LogP contribution in [0.15, 0.2) is 10.6 Å². The normalized spacial score (nSPS) is 20.4. The Morgan fingerprint density at radius 2 is 2.06 bits per heavy atom. The predicted molar refractivity (Wildman–Crippen MR) is 71.6 cm³/mol. The highest BCUT2D eigenvalue weighted by Gasteiger charge is 2.24. The van der Waals surface area contributed by atoms with Crippen LogP contribution in [0.25, 0.3) is 0 Å². The van der Waals surface area contributed by atoms with Crippen molar-refractivity contribution in [1.29, 1.82) is 0 Å². The molecule has 1 aliphatic heterocycles. The summed E-state index contributed by atoms with van der Waals surface area (Å²) in [5, 5.41) is 9.53. The molecule has 5 heteroatoms. The SMILES string of the molecule is CC(C)(C)OC(=O)N1CCCC(=C(Cl)CO)CC1. The summed E-state index contributed by atoms with van der Waals surface area (Å²) >= 11 is 5.95. The smallest absolute Gasteiger partial charge is 0.410 e. The molecule has 0 aromatic rings. The van der Waals surface area contributed by atoms with Crippen molar-refractivity contribution in [3.05, 3.63) is 10.6 Å². The van der Waals surface area contributed by atoms with Crippen LogP contribution < -0.4 is 0 Å². The maximum atomic E-state index is 11.9. The van der Waals surface area contributed by atoms with Crippen LogP contribution in [0.5, 0.6) is 0 Å². The Hall–Kier alpha value is -0.740. The summed E-state index contributed by atoms with van der Waals surface area (Å²) in [6.07, 6.45) is 2.12. The predicted octanol–water partition coefficient (Wildman–Crippen LogP) is 2.89. The van der Waals surface area contributed by atoms with Gasteiger partial charge in [-0.1, -0.05) is 17.2 Å². The zero-order valence-electron chi connectivity index (χ0n) is 11.3. The Labute approximate surface area is 114 Å². The first kappa shape index (κ1) is 15.3.